The quantitative estimate of drug-likeness (QED) is 0.878. The zero-order chi connectivity index (χ0) is 11.8. The molecular weight excluding hydrogens is 212 g/mol. The van der Waals surface area contributed by atoms with Crippen LogP contribution in [-0.4, -0.2) is 11.6 Å². The molecule has 2 N–H and O–H groups in total. The van der Waals surface area contributed by atoms with Gasteiger partial charge in [0.15, 0.2) is 0 Å². The van der Waals surface area contributed by atoms with Crippen LogP contribution >= 0.6 is 0 Å². The number of pyridine rings is 1. The van der Waals surface area contributed by atoms with Crippen LogP contribution in [0.2, 0.25) is 0 Å². The number of benzene rings is 1. The Morgan fingerprint density at radius 2 is 2.18 bits per heavy atom. The first kappa shape index (κ1) is 10.4. The van der Waals surface area contributed by atoms with Gasteiger partial charge in [0.2, 0.25) is 0 Å². The number of anilines is 1. The fourth-order valence-corrected chi connectivity index (χ4v) is 1.96. The number of aromatic nitrogens is 1. The van der Waals surface area contributed by atoms with Crippen molar-refractivity contribution in [2.24, 2.45) is 5.92 Å². The lowest BCUT2D eigenvalue weighted by molar-refractivity contribution is 0.300. The Kier molecular flexibility index (Phi) is 2.39. The van der Waals surface area contributed by atoms with Gasteiger partial charge in [-0.1, -0.05) is 0 Å². The summed E-state index contributed by atoms with van der Waals surface area (Å²) in [5.74, 6) is 1.65. The van der Waals surface area contributed by atoms with E-state index in [-0.39, 0.29) is 0 Å². The molecule has 3 heteroatoms. The monoisotopic (exact) mass is 228 g/mol. The number of fused-ring (bicyclic) bond motifs is 1. The van der Waals surface area contributed by atoms with Gasteiger partial charge in [0.1, 0.15) is 5.75 Å². The lowest BCUT2D eigenvalue weighted by atomic mass is 10.1. The van der Waals surface area contributed by atoms with E-state index in [1.165, 1.54) is 12.8 Å². The van der Waals surface area contributed by atoms with Gasteiger partial charge in [-0.15, -0.1) is 0 Å². The molecule has 1 aromatic heterocycles. The predicted molar refractivity (Wildman–Crippen MR) is 69.1 cm³/mol. The second kappa shape index (κ2) is 3.91. The average molecular weight is 228 g/mol. The summed E-state index contributed by atoms with van der Waals surface area (Å²) in [4.78, 5) is 4.45. The van der Waals surface area contributed by atoms with Crippen molar-refractivity contribution in [1.82, 2.24) is 4.98 Å². The first-order valence-corrected chi connectivity index (χ1v) is 6.02. The van der Waals surface area contributed by atoms with Crippen LogP contribution in [0.15, 0.2) is 24.3 Å². The smallest absolute Gasteiger partial charge is 0.120 e. The number of nitrogen functional groups attached to an aromatic ring is 1. The van der Waals surface area contributed by atoms with E-state index in [1.54, 1.807) is 0 Å². The summed E-state index contributed by atoms with van der Waals surface area (Å²) in [5, 5.41) is 0.976. The van der Waals surface area contributed by atoms with Crippen molar-refractivity contribution in [3.63, 3.8) is 0 Å². The molecule has 0 radical (unpaired) electrons. The van der Waals surface area contributed by atoms with Crippen LogP contribution in [0.3, 0.4) is 0 Å². The summed E-state index contributed by atoms with van der Waals surface area (Å²) in [6, 6.07) is 7.82. The van der Waals surface area contributed by atoms with Crippen LogP contribution in [0.4, 0.5) is 5.69 Å². The molecule has 0 amide bonds. The standard InChI is InChI=1S/C14H16N2O/c1-9-6-13(15)12-7-11(4-5-14(12)16-9)17-8-10-2-3-10/h4-7,10H,2-3,8H2,1H3,(H2,15,16). The SMILES string of the molecule is Cc1cc(N)c2cc(OCC3CC3)ccc2n1. The summed E-state index contributed by atoms with van der Waals surface area (Å²) in [6.07, 6.45) is 2.60. The summed E-state index contributed by atoms with van der Waals surface area (Å²) >= 11 is 0. The average Bonchev–Trinajstić information content (AvgIpc) is 3.10. The zero-order valence-corrected chi connectivity index (χ0v) is 9.94. The molecule has 0 unspecified atom stereocenters. The molecule has 2 aromatic rings. The van der Waals surface area contributed by atoms with Gasteiger partial charge >= 0.3 is 0 Å². The molecule has 0 atom stereocenters. The van der Waals surface area contributed by atoms with Crippen molar-refractivity contribution >= 4 is 16.6 Å². The minimum atomic E-state index is 0.763. The van der Waals surface area contributed by atoms with E-state index in [9.17, 15) is 0 Å². The van der Waals surface area contributed by atoms with Gasteiger partial charge in [-0.2, -0.15) is 0 Å². The third-order valence-corrected chi connectivity index (χ3v) is 3.12. The first-order chi connectivity index (χ1) is 8.22. The lowest BCUT2D eigenvalue weighted by Gasteiger charge is -2.08. The van der Waals surface area contributed by atoms with Crippen LogP contribution in [0.1, 0.15) is 18.5 Å². The Labute approximate surface area is 101 Å². The molecule has 0 bridgehead atoms. The Hall–Kier alpha value is -1.77. The highest BCUT2D eigenvalue weighted by Gasteiger charge is 2.21. The number of nitrogens with zero attached hydrogens (tertiary/aromatic N) is 1. The molecular formula is C14H16N2O. The molecule has 3 nitrogen and oxygen atoms in total. The van der Waals surface area contributed by atoms with E-state index >= 15 is 0 Å². The first-order valence-electron chi connectivity index (χ1n) is 6.02. The van der Waals surface area contributed by atoms with Crippen molar-refractivity contribution in [3.8, 4) is 5.75 Å². The van der Waals surface area contributed by atoms with Crippen molar-refractivity contribution < 1.29 is 4.74 Å². The maximum Gasteiger partial charge on any atom is 0.120 e. The molecule has 1 aliphatic rings. The van der Waals surface area contributed by atoms with Gasteiger partial charge in [0.05, 0.1) is 12.1 Å². The van der Waals surface area contributed by atoms with Gasteiger partial charge < -0.3 is 10.5 Å². The number of hydrogen-bond donors (Lipinski definition) is 1. The minimum absolute atomic E-state index is 0.763. The number of nitrogens with two attached hydrogens (primary N) is 1. The van der Waals surface area contributed by atoms with Crippen LogP contribution in [0.5, 0.6) is 5.75 Å². The normalized spacial score (nSPS) is 15.1. The maximum atomic E-state index is 6.00. The Morgan fingerprint density at radius 3 is 2.94 bits per heavy atom. The number of hydrogen-bond acceptors (Lipinski definition) is 3. The Bertz CT molecular complexity index is 561. The molecule has 0 aliphatic heterocycles. The fraction of sp³-hybridized carbons (Fsp3) is 0.357. The molecule has 0 saturated heterocycles. The molecule has 17 heavy (non-hydrogen) atoms. The van der Waals surface area contributed by atoms with Crippen molar-refractivity contribution in [2.45, 2.75) is 19.8 Å². The molecule has 1 aliphatic carbocycles. The highest BCUT2D eigenvalue weighted by molar-refractivity contribution is 5.91. The molecule has 0 spiro atoms. The molecule has 1 saturated carbocycles. The van der Waals surface area contributed by atoms with Crippen molar-refractivity contribution in [2.75, 3.05) is 12.3 Å². The van der Waals surface area contributed by atoms with E-state index < -0.39 is 0 Å². The van der Waals surface area contributed by atoms with E-state index in [1.807, 2.05) is 31.2 Å². The van der Waals surface area contributed by atoms with E-state index in [2.05, 4.69) is 4.98 Å². The summed E-state index contributed by atoms with van der Waals surface area (Å²) in [7, 11) is 0. The van der Waals surface area contributed by atoms with E-state index in [4.69, 9.17) is 10.5 Å². The predicted octanol–water partition coefficient (Wildman–Crippen LogP) is 2.91. The van der Waals surface area contributed by atoms with E-state index in [0.29, 0.717) is 0 Å². The topological polar surface area (TPSA) is 48.1 Å². The second-order valence-corrected chi connectivity index (χ2v) is 4.79. The van der Waals surface area contributed by atoms with Crippen LogP contribution in [-0.2, 0) is 0 Å². The third-order valence-electron chi connectivity index (χ3n) is 3.12. The van der Waals surface area contributed by atoms with Gasteiger partial charge in [-0.3, -0.25) is 4.98 Å². The molecule has 1 aromatic carbocycles. The van der Waals surface area contributed by atoms with Gasteiger partial charge in [0, 0.05) is 16.8 Å². The van der Waals surface area contributed by atoms with Gasteiger partial charge in [0.25, 0.3) is 0 Å². The molecule has 1 heterocycles. The maximum absolute atomic E-state index is 6.00. The van der Waals surface area contributed by atoms with Crippen LogP contribution < -0.4 is 10.5 Å². The third kappa shape index (κ3) is 2.18. The van der Waals surface area contributed by atoms with Crippen LogP contribution in [0, 0.1) is 12.8 Å². The summed E-state index contributed by atoms with van der Waals surface area (Å²) in [6.45, 7) is 2.78. The van der Waals surface area contributed by atoms with Crippen molar-refractivity contribution in [3.05, 3.63) is 30.0 Å². The lowest BCUT2D eigenvalue weighted by Crippen LogP contribution is -1.99. The molecule has 88 valence electrons. The molecule has 1 fully saturated rings. The summed E-state index contributed by atoms with van der Waals surface area (Å²) < 4.78 is 5.74. The second-order valence-electron chi connectivity index (χ2n) is 4.79. The molecule has 3 rings (SSSR count). The summed E-state index contributed by atoms with van der Waals surface area (Å²) in [5.41, 5.74) is 8.64. The number of ether oxygens (including phenoxy) is 1. The highest BCUT2D eigenvalue weighted by Crippen LogP contribution is 2.31. The number of aryl methyl sites for hydroxylation is 1. The Morgan fingerprint density at radius 1 is 1.35 bits per heavy atom. The largest absolute Gasteiger partial charge is 0.493 e. The van der Waals surface area contributed by atoms with Crippen LogP contribution in [0.25, 0.3) is 10.9 Å². The van der Waals surface area contributed by atoms with Gasteiger partial charge in [-0.25, -0.2) is 0 Å². The van der Waals surface area contributed by atoms with Crippen molar-refractivity contribution in [1.29, 1.82) is 0 Å². The van der Waals surface area contributed by atoms with E-state index in [0.717, 1.165) is 40.6 Å². The highest BCUT2D eigenvalue weighted by atomic mass is 16.5. The zero-order valence-electron chi connectivity index (χ0n) is 9.94. The Balaban J connectivity index is 1.93. The minimum Gasteiger partial charge on any atom is -0.493 e. The fourth-order valence-electron chi connectivity index (χ4n) is 1.96. The number of rotatable bonds is 3. The van der Waals surface area contributed by atoms with Gasteiger partial charge in [-0.05, 0) is 49.9 Å².